The molecule has 2 aromatic carbocycles. The second-order valence-corrected chi connectivity index (χ2v) is 7.37. The van der Waals surface area contributed by atoms with E-state index in [-0.39, 0.29) is 11.9 Å². The molecule has 2 atom stereocenters. The fourth-order valence-electron chi connectivity index (χ4n) is 4.24. The minimum Gasteiger partial charge on any atom is -0.356 e. The molecule has 0 fully saturated rings. The van der Waals surface area contributed by atoms with E-state index >= 15 is 0 Å². The maximum atomic E-state index is 13.8. The summed E-state index contributed by atoms with van der Waals surface area (Å²) in [6.45, 7) is 1.96. The molecule has 7 heteroatoms. The van der Waals surface area contributed by atoms with E-state index in [0.29, 0.717) is 39.3 Å². The van der Waals surface area contributed by atoms with Gasteiger partial charge in [0.25, 0.3) is 5.91 Å². The molecule has 3 N–H and O–H groups in total. The van der Waals surface area contributed by atoms with Crippen molar-refractivity contribution in [3.05, 3.63) is 63.8 Å². The Morgan fingerprint density at radius 2 is 1.96 bits per heavy atom. The highest BCUT2D eigenvalue weighted by atomic mass is 35.5. The molecule has 1 amide bonds. The maximum Gasteiger partial charge on any atom is 0.255 e. The number of aromatic nitrogens is 1. The molecule has 0 saturated carbocycles. The number of benzene rings is 2. The fourth-order valence-corrected chi connectivity index (χ4v) is 4.41. The normalized spacial score (nSPS) is 24.0. The molecule has 2 aliphatic rings. The first-order valence-electron chi connectivity index (χ1n) is 8.29. The summed E-state index contributed by atoms with van der Waals surface area (Å²) >= 11 is 6.18. The smallest absolute Gasteiger partial charge is 0.255 e. The van der Waals surface area contributed by atoms with Gasteiger partial charge in [0, 0.05) is 39.3 Å². The standard InChI is InChI=1S/C19H14ClF2N3O/c1-8-4-11-10-6-13(21)14(22)7-16(10)23-17(11)19(25-8)12-5-9(20)2-3-15(12)24-18(19)26/h2-3,5-8,23,25H,4H2,1H3,(H,24,26). The van der Waals surface area contributed by atoms with Crippen molar-refractivity contribution in [1.82, 2.24) is 10.3 Å². The van der Waals surface area contributed by atoms with E-state index in [1.807, 2.05) is 6.92 Å². The van der Waals surface area contributed by atoms with Gasteiger partial charge in [-0.25, -0.2) is 8.78 Å². The van der Waals surface area contributed by atoms with Crippen molar-refractivity contribution in [2.24, 2.45) is 0 Å². The van der Waals surface area contributed by atoms with Crippen LogP contribution in [0.15, 0.2) is 30.3 Å². The first-order valence-corrected chi connectivity index (χ1v) is 8.67. The molecule has 1 spiro atoms. The number of rotatable bonds is 0. The highest BCUT2D eigenvalue weighted by Gasteiger charge is 2.53. The van der Waals surface area contributed by atoms with E-state index in [4.69, 9.17) is 11.6 Å². The van der Waals surface area contributed by atoms with Gasteiger partial charge in [0.1, 0.15) is 0 Å². The number of nitrogens with one attached hydrogen (secondary N) is 3. The Bertz CT molecular complexity index is 1110. The number of hydrogen-bond acceptors (Lipinski definition) is 2. The van der Waals surface area contributed by atoms with Gasteiger partial charge in [-0.1, -0.05) is 11.6 Å². The van der Waals surface area contributed by atoms with Gasteiger partial charge in [0.05, 0.1) is 5.69 Å². The lowest BCUT2D eigenvalue weighted by atomic mass is 9.80. The van der Waals surface area contributed by atoms with Crippen LogP contribution in [-0.4, -0.2) is 16.9 Å². The molecule has 3 heterocycles. The lowest BCUT2D eigenvalue weighted by Gasteiger charge is -2.37. The predicted molar refractivity (Wildman–Crippen MR) is 95.4 cm³/mol. The highest BCUT2D eigenvalue weighted by molar-refractivity contribution is 6.31. The van der Waals surface area contributed by atoms with Crippen LogP contribution < -0.4 is 10.6 Å². The largest absolute Gasteiger partial charge is 0.356 e. The van der Waals surface area contributed by atoms with E-state index < -0.39 is 17.2 Å². The molecule has 132 valence electrons. The Kier molecular flexibility index (Phi) is 3.07. The quantitative estimate of drug-likeness (QED) is 0.561. The van der Waals surface area contributed by atoms with Gasteiger partial charge >= 0.3 is 0 Å². The molecule has 2 aliphatic heterocycles. The van der Waals surface area contributed by atoms with Crippen LogP contribution in [0.25, 0.3) is 10.9 Å². The monoisotopic (exact) mass is 373 g/mol. The van der Waals surface area contributed by atoms with Crippen molar-refractivity contribution < 1.29 is 13.6 Å². The van der Waals surface area contributed by atoms with E-state index in [9.17, 15) is 13.6 Å². The summed E-state index contributed by atoms with van der Waals surface area (Å²) in [6, 6.07) is 7.49. The van der Waals surface area contributed by atoms with Gasteiger partial charge in [-0.15, -0.1) is 0 Å². The molecule has 2 unspecified atom stereocenters. The van der Waals surface area contributed by atoms with Crippen LogP contribution in [0.4, 0.5) is 14.5 Å². The van der Waals surface area contributed by atoms with Crippen LogP contribution in [0.1, 0.15) is 23.7 Å². The molecule has 4 nitrogen and oxygen atoms in total. The van der Waals surface area contributed by atoms with Crippen molar-refractivity contribution in [3.8, 4) is 0 Å². The Morgan fingerprint density at radius 3 is 2.77 bits per heavy atom. The number of aromatic amines is 1. The minimum atomic E-state index is -1.17. The first kappa shape index (κ1) is 15.8. The van der Waals surface area contributed by atoms with Crippen LogP contribution in [-0.2, 0) is 16.8 Å². The van der Waals surface area contributed by atoms with Crippen molar-refractivity contribution in [1.29, 1.82) is 0 Å². The Morgan fingerprint density at radius 1 is 1.19 bits per heavy atom. The number of anilines is 1. The second-order valence-electron chi connectivity index (χ2n) is 6.93. The summed E-state index contributed by atoms with van der Waals surface area (Å²) in [7, 11) is 0. The fraction of sp³-hybridized carbons (Fsp3) is 0.211. The second kappa shape index (κ2) is 5.05. The predicted octanol–water partition coefficient (Wildman–Crippen LogP) is 3.83. The van der Waals surface area contributed by atoms with Crippen LogP contribution >= 0.6 is 11.6 Å². The lowest BCUT2D eigenvalue weighted by Crippen LogP contribution is -2.56. The number of amides is 1. The molecule has 26 heavy (non-hydrogen) atoms. The van der Waals surface area contributed by atoms with Crippen molar-refractivity contribution in [2.75, 3.05) is 5.32 Å². The summed E-state index contributed by atoms with van der Waals surface area (Å²) in [5, 5.41) is 7.37. The van der Waals surface area contributed by atoms with Crippen LogP contribution in [0, 0.1) is 11.6 Å². The highest BCUT2D eigenvalue weighted by Crippen LogP contribution is 2.47. The van der Waals surface area contributed by atoms with Crippen LogP contribution in [0.3, 0.4) is 0 Å². The molecule has 3 aromatic rings. The van der Waals surface area contributed by atoms with E-state index in [1.165, 1.54) is 6.07 Å². The third-order valence-electron chi connectivity index (χ3n) is 5.27. The van der Waals surface area contributed by atoms with Gasteiger partial charge in [-0.3, -0.25) is 10.1 Å². The number of H-pyrrole nitrogens is 1. The summed E-state index contributed by atoms with van der Waals surface area (Å²) < 4.78 is 27.5. The molecule has 0 saturated heterocycles. The van der Waals surface area contributed by atoms with Gasteiger partial charge in [0.2, 0.25) is 0 Å². The average Bonchev–Trinajstić information content (AvgIpc) is 3.06. The van der Waals surface area contributed by atoms with Crippen molar-refractivity contribution >= 4 is 34.1 Å². The number of carbonyl (C=O) groups is 1. The van der Waals surface area contributed by atoms with Gasteiger partial charge in [-0.2, -0.15) is 0 Å². The summed E-state index contributed by atoms with van der Waals surface area (Å²) in [5.74, 6) is -2.07. The van der Waals surface area contributed by atoms with E-state index in [0.717, 1.165) is 11.6 Å². The average molecular weight is 374 g/mol. The van der Waals surface area contributed by atoms with Crippen LogP contribution in [0.5, 0.6) is 0 Å². The van der Waals surface area contributed by atoms with E-state index in [2.05, 4.69) is 15.6 Å². The van der Waals surface area contributed by atoms with Gasteiger partial charge in [0.15, 0.2) is 17.2 Å². The topological polar surface area (TPSA) is 56.9 Å². The Balaban J connectivity index is 1.87. The Labute approximate surface area is 152 Å². The van der Waals surface area contributed by atoms with Crippen molar-refractivity contribution in [2.45, 2.75) is 24.9 Å². The summed E-state index contributed by atoms with van der Waals surface area (Å²) in [4.78, 5) is 16.2. The zero-order chi connectivity index (χ0) is 18.2. The number of carbonyl (C=O) groups excluding carboxylic acids is 1. The Hall–Kier alpha value is -2.44. The van der Waals surface area contributed by atoms with Crippen molar-refractivity contribution in [3.63, 3.8) is 0 Å². The summed E-state index contributed by atoms with van der Waals surface area (Å²) in [6.07, 6.45) is 0.589. The molecule has 0 bridgehead atoms. The molecule has 0 radical (unpaired) electrons. The lowest BCUT2D eigenvalue weighted by molar-refractivity contribution is -0.121. The third-order valence-corrected chi connectivity index (χ3v) is 5.50. The third kappa shape index (κ3) is 1.88. The molecule has 0 aliphatic carbocycles. The number of fused-ring (bicyclic) bond motifs is 6. The zero-order valence-electron chi connectivity index (χ0n) is 13.7. The zero-order valence-corrected chi connectivity index (χ0v) is 14.5. The summed E-state index contributed by atoms with van der Waals surface area (Å²) in [5.41, 5.74) is 2.09. The number of halogens is 3. The van der Waals surface area contributed by atoms with Gasteiger partial charge in [-0.05, 0) is 43.2 Å². The molecular formula is C19H14ClF2N3O. The maximum absolute atomic E-state index is 13.8. The molecular weight excluding hydrogens is 360 g/mol. The number of hydrogen-bond donors (Lipinski definition) is 3. The SMILES string of the molecule is CC1Cc2c([nH]c3cc(F)c(F)cc23)C2(N1)C(=O)Nc1ccc(Cl)cc12. The first-order chi connectivity index (χ1) is 12.4. The minimum absolute atomic E-state index is 0.0507. The van der Waals surface area contributed by atoms with E-state index in [1.54, 1.807) is 18.2 Å². The molecule has 5 rings (SSSR count). The van der Waals surface area contributed by atoms with Gasteiger partial charge < -0.3 is 10.3 Å². The molecule has 1 aromatic heterocycles. The van der Waals surface area contributed by atoms with Crippen LogP contribution in [0.2, 0.25) is 5.02 Å².